The monoisotopic (exact) mass is 226 g/mol. The molecule has 16 heavy (non-hydrogen) atoms. The van der Waals surface area contributed by atoms with E-state index < -0.39 is 8.07 Å². The Balaban J connectivity index is 2.23. The third-order valence-electron chi connectivity index (χ3n) is 4.40. The highest BCUT2D eigenvalue weighted by atomic mass is 28.3. The van der Waals surface area contributed by atoms with Crippen LogP contribution in [0.4, 0.5) is 0 Å². The molecule has 1 heteroatoms. The maximum Gasteiger partial charge on any atom is 0.0609 e. The Morgan fingerprint density at radius 2 is 1.31 bits per heavy atom. The standard InChI is InChI=1S/C15H18Si/c1-15(16(2,3)4)13-9-11-7-5-6-8-12(11)10-14(13)15/h5-10H,1-4H3. The third-order valence-corrected chi connectivity index (χ3v) is 7.94. The largest absolute Gasteiger partial charge is 0.0686 e. The quantitative estimate of drug-likeness (QED) is 0.635. The van der Waals surface area contributed by atoms with Crippen molar-refractivity contribution in [3.63, 3.8) is 0 Å². The molecule has 0 heterocycles. The van der Waals surface area contributed by atoms with Crippen molar-refractivity contribution in [2.45, 2.75) is 31.6 Å². The van der Waals surface area contributed by atoms with Gasteiger partial charge in [0, 0.05) is 5.04 Å². The molecule has 2 aromatic carbocycles. The van der Waals surface area contributed by atoms with E-state index in [9.17, 15) is 0 Å². The van der Waals surface area contributed by atoms with Crippen molar-refractivity contribution in [2.24, 2.45) is 0 Å². The third kappa shape index (κ3) is 1.10. The van der Waals surface area contributed by atoms with Crippen LogP contribution >= 0.6 is 0 Å². The molecule has 3 rings (SSSR count). The van der Waals surface area contributed by atoms with Gasteiger partial charge in [0.2, 0.25) is 0 Å². The van der Waals surface area contributed by atoms with Crippen LogP contribution < -0.4 is 0 Å². The first-order chi connectivity index (χ1) is 7.44. The highest BCUT2D eigenvalue weighted by Gasteiger charge is 2.54. The van der Waals surface area contributed by atoms with Crippen molar-refractivity contribution in [1.29, 1.82) is 0 Å². The van der Waals surface area contributed by atoms with E-state index in [0.29, 0.717) is 5.04 Å². The maximum atomic E-state index is 2.47. The molecule has 0 fully saturated rings. The smallest absolute Gasteiger partial charge is 0.0609 e. The van der Waals surface area contributed by atoms with Crippen LogP contribution in [0, 0.1) is 0 Å². The van der Waals surface area contributed by atoms with Crippen molar-refractivity contribution in [3.05, 3.63) is 47.5 Å². The molecule has 0 N–H and O–H groups in total. The lowest BCUT2D eigenvalue weighted by atomic mass is 10.1. The van der Waals surface area contributed by atoms with Gasteiger partial charge in [-0.15, -0.1) is 0 Å². The molecule has 0 aromatic heterocycles. The Bertz CT molecular complexity index is 533. The normalized spacial score (nSPS) is 17.2. The van der Waals surface area contributed by atoms with Crippen LogP contribution in [-0.4, -0.2) is 8.07 Å². The Kier molecular flexibility index (Phi) is 1.75. The number of rotatable bonds is 1. The topological polar surface area (TPSA) is 0 Å². The first-order valence-corrected chi connectivity index (χ1v) is 9.48. The Morgan fingerprint density at radius 3 is 1.69 bits per heavy atom. The molecule has 0 spiro atoms. The fourth-order valence-corrected chi connectivity index (χ4v) is 4.73. The van der Waals surface area contributed by atoms with Crippen LogP contribution in [0.2, 0.25) is 19.6 Å². The molecule has 0 radical (unpaired) electrons. The summed E-state index contributed by atoms with van der Waals surface area (Å²) in [5.41, 5.74) is 3.20. The summed E-state index contributed by atoms with van der Waals surface area (Å²) in [7, 11) is -1.15. The summed E-state index contributed by atoms with van der Waals surface area (Å²) in [5.74, 6) is 0. The van der Waals surface area contributed by atoms with Gasteiger partial charge >= 0.3 is 0 Å². The van der Waals surface area contributed by atoms with Crippen LogP contribution in [0.5, 0.6) is 0 Å². The van der Waals surface area contributed by atoms with Gasteiger partial charge in [0.1, 0.15) is 0 Å². The van der Waals surface area contributed by atoms with E-state index >= 15 is 0 Å². The zero-order chi connectivity index (χ0) is 11.6. The van der Waals surface area contributed by atoms with E-state index in [1.165, 1.54) is 10.8 Å². The van der Waals surface area contributed by atoms with Gasteiger partial charge in [-0.25, -0.2) is 0 Å². The Labute approximate surface area is 98.3 Å². The molecule has 0 aliphatic heterocycles. The molecule has 1 aliphatic carbocycles. The number of hydrogen-bond donors (Lipinski definition) is 0. The van der Waals surface area contributed by atoms with Gasteiger partial charge in [-0.3, -0.25) is 0 Å². The van der Waals surface area contributed by atoms with Gasteiger partial charge in [-0.1, -0.05) is 63.0 Å². The highest BCUT2D eigenvalue weighted by Crippen LogP contribution is 2.56. The second-order valence-corrected chi connectivity index (χ2v) is 11.6. The lowest BCUT2D eigenvalue weighted by Gasteiger charge is -2.25. The van der Waals surface area contributed by atoms with Crippen LogP contribution in [-0.2, 0) is 5.04 Å². The zero-order valence-electron chi connectivity index (χ0n) is 10.5. The van der Waals surface area contributed by atoms with Crippen LogP contribution in [0.15, 0.2) is 36.4 Å². The predicted octanol–water partition coefficient (Wildman–Crippen LogP) is 4.34. The molecule has 0 atom stereocenters. The van der Waals surface area contributed by atoms with Gasteiger partial charge < -0.3 is 0 Å². The lowest BCUT2D eigenvalue weighted by Crippen LogP contribution is -2.37. The zero-order valence-corrected chi connectivity index (χ0v) is 11.5. The van der Waals surface area contributed by atoms with Gasteiger partial charge in [0.15, 0.2) is 0 Å². The van der Waals surface area contributed by atoms with Crippen LogP contribution in [0.3, 0.4) is 0 Å². The lowest BCUT2D eigenvalue weighted by molar-refractivity contribution is 0.955. The Hall–Kier alpha value is -1.08. The van der Waals surface area contributed by atoms with Crippen molar-refractivity contribution in [2.75, 3.05) is 0 Å². The molecule has 0 amide bonds. The summed E-state index contributed by atoms with van der Waals surface area (Å²) in [6, 6.07) is 13.5. The summed E-state index contributed by atoms with van der Waals surface area (Å²) in [5, 5.41) is 3.21. The molecule has 0 saturated heterocycles. The first kappa shape index (κ1) is 10.1. The summed E-state index contributed by atoms with van der Waals surface area (Å²) in [6.07, 6.45) is 0. The SMILES string of the molecule is CC1([Si](C)(C)C)c2cc3ccccc3cc21. The van der Waals surface area contributed by atoms with Crippen molar-refractivity contribution in [3.8, 4) is 0 Å². The van der Waals surface area contributed by atoms with Gasteiger partial charge in [0.25, 0.3) is 0 Å². The molecular formula is C15H18Si. The Morgan fingerprint density at radius 1 is 0.875 bits per heavy atom. The van der Waals surface area contributed by atoms with Crippen LogP contribution in [0.25, 0.3) is 10.8 Å². The second-order valence-electron chi connectivity index (χ2n) is 6.12. The minimum atomic E-state index is -1.15. The molecule has 0 nitrogen and oxygen atoms in total. The average molecular weight is 226 g/mol. The van der Waals surface area contributed by atoms with Crippen molar-refractivity contribution >= 4 is 18.8 Å². The van der Waals surface area contributed by atoms with E-state index in [2.05, 4.69) is 63.0 Å². The van der Waals surface area contributed by atoms with E-state index in [-0.39, 0.29) is 0 Å². The average Bonchev–Trinajstić information content (AvgIpc) is 2.82. The van der Waals surface area contributed by atoms with Crippen molar-refractivity contribution < 1.29 is 0 Å². The van der Waals surface area contributed by atoms with E-state index in [4.69, 9.17) is 0 Å². The summed E-state index contributed by atoms with van der Waals surface area (Å²) >= 11 is 0. The van der Waals surface area contributed by atoms with Gasteiger partial charge in [-0.2, -0.15) is 0 Å². The number of benzene rings is 2. The van der Waals surface area contributed by atoms with E-state index in [1.54, 1.807) is 11.1 Å². The summed E-state index contributed by atoms with van der Waals surface area (Å²) in [4.78, 5) is 0. The molecule has 0 bridgehead atoms. The van der Waals surface area contributed by atoms with E-state index in [1.807, 2.05) is 0 Å². The fourth-order valence-electron chi connectivity index (χ4n) is 2.76. The number of hydrogen-bond acceptors (Lipinski definition) is 0. The molecule has 2 aromatic rings. The first-order valence-electron chi connectivity index (χ1n) is 5.98. The molecule has 0 saturated carbocycles. The minimum Gasteiger partial charge on any atom is -0.0686 e. The summed E-state index contributed by atoms with van der Waals surface area (Å²) < 4.78 is 0. The predicted molar refractivity (Wildman–Crippen MR) is 73.7 cm³/mol. The second kappa shape index (κ2) is 2.78. The van der Waals surface area contributed by atoms with Gasteiger partial charge in [-0.05, 0) is 21.9 Å². The minimum absolute atomic E-state index is 0.423. The van der Waals surface area contributed by atoms with Crippen molar-refractivity contribution in [1.82, 2.24) is 0 Å². The summed E-state index contributed by atoms with van der Waals surface area (Å²) in [6.45, 7) is 9.84. The van der Waals surface area contributed by atoms with Crippen LogP contribution in [0.1, 0.15) is 18.1 Å². The molecule has 0 unspecified atom stereocenters. The van der Waals surface area contributed by atoms with E-state index in [0.717, 1.165) is 0 Å². The maximum absolute atomic E-state index is 2.47. The molecule has 82 valence electrons. The molecular weight excluding hydrogens is 208 g/mol. The molecule has 1 aliphatic rings. The fraction of sp³-hybridized carbons (Fsp3) is 0.333. The number of fused-ring (bicyclic) bond motifs is 2. The highest BCUT2D eigenvalue weighted by molar-refractivity contribution is 6.81. The van der Waals surface area contributed by atoms with Gasteiger partial charge in [0.05, 0.1) is 8.07 Å².